The summed E-state index contributed by atoms with van der Waals surface area (Å²) in [6, 6.07) is 16.3. The van der Waals surface area contributed by atoms with Gasteiger partial charge in [0, 0.05) is 31.2 Å². The lowest BCUT2D eigenvalue weighted by atomic mass is 9.81. The number of nitrogens with zero attached hydrogens (tertiary/aromatic N) is 2. The monoisotopic (exact) mass is 624 g/mol. The number of rotatable bonds is 7. The van der Waals surface area contributed by atoms with E-state index >= 15 is 0 Å². The minimum absolute atomic E-state index is 0.0701. The predicted octanol–water partition coefficient (Wildman–Crippen LogP) is 7.44. The van der Waals surface area contributed by atoms with Crippen LogP contribution in [0.4, 0.5) is 36.4 Å². The molecule has 0 bridgehead atoms. The molecule has 3 aromatic rings. The second-order valence-electron chi connectivity index (χ2n) is 11.1. The fraction of sp³-hybridized carbons (Fsp3) is 0.406. The SMILES string of the molecule is C[C@@H](O[C@H]1OCC[C@@H](CN2CCN(c3ccccc3)C(=O)C2)[C@@H]1c1ccc(F)cc1)c1cc(C(F)(F)F)cc(C(F)(F)F)c1. The van der Waals surface area contributed by atoms with Crippen LogP contribution in [0.25, 0.3) is 0 Å². The zero-order chi connectivity index (χ0) is 31.6. The molecule has 4 atom stereocenters. The number of carbonyl (C=O) groups excluding carboxylic acids is 1. The molecule has 0 N–H and O–H groups in total. The van der Waals surface area contributed by atoms with Gasteiger partial charge in [0.15, 0.2) is 6.29 Å². The third-order valence-electron chi connectivity index (χ3n) is 8.10. The molecule has 0 aliphatic carbocycles. The van der Waals surface area contributed by atoms with Crippen molar-refractivity contribution in [2.45, 2.75) is 44.0 Å². The lowest BCUT2D eigenvalue weighted by molar-refractivity contribution is -0.210. The summed E-state index contributed by atoms with van der Waals surface area (Å²) in [6.07, 6.45) is -11.7. The molecular formula is C32H31F7N2O3. The summed E-state index contributed by atoms with van der Waals surface area (Å²) in [5.74, 6) is -1.25. The topological polar surface area (TPSA) is 42.0 Å². The molecule has 0 saturated carbocycles. The molecule has 2 saturated heterocycles. The summed E-state index contributed by atoms with van der Waals surface area (Å²) >= 11 is 0. The minimum Gasteiger partial charge on any atom is -0.352 e. The van der Waals surface area contributed by atoms with Crippen molar-refractivity contribution in [3.63, 3.8) is 0 Å². The van der Waals surface area contributed by atoms with Crippen molar-refractivity contribution in [2.75, 3.05) is 37.7 Å². The molecule has 12 heteroatoms. The van der Waals surface area contributed by atoms with Crippen molar-refractivity contribution in [1.29, 1.82) is 0 Å². The van der Waals surface area contributed by atoms with Crippen molar-refractivity contribution < 1.29 is 45.0 Å². The summed E-state index contributed by atoms with van der Waals surface area (Å²) in [6.45, 7) is 3.26. The largest absolute Gasteiger partial charge is 0.416 e. The molecule has 2 fully saturated rings. The van der Waals surface area contributed by atoms with E-state index in [0.717, 1.165) is 5.69 Å². The number of piperazine rings is 1. The van der Waals surface area contributed by atoms with Crippen molar-refractivity contribution in [2.24, 2.45) is 5.92 Å². The van der Waals surface area contributed by atoms with E-state index in [1.165, 1.54) is 19.1 Å². The van der Waals surface area contributed by atoms with Crippen LogP contribution in [-0.4, -0.2) is 49.9 Å². The van der Waals surface area contributed by atoms with Crippen LogP contribution in [0.5, 0.6) is 0 Å². The average molecular weight is 625 g/mol. The molecule has 1 amide bonds. The van der Waals surface area contributed by atoms with Gasteiger partial charge in [-0.2, -0.15) is 26.3 Å². The van der Waals surface area contributed by atoms with Gasteiger partial charge >= 0.3 is 12.4 Å². The normalized spacial score (nSPS) is 22.7. The highest BCUT2D eigenvalue weighted by Gasteiger charge is 2.41. The lowest BCUT2D eigenvalue weighted by Crippen LogP contribution is -2.53. The standard InChI is InChI=1S/C32H31F7N2O3/c1-20(23-15-24(31(34,35)36)17-25(16-23)32(37,38)39)44-30-29(21-7-9-26(33)10-8-21)22(11-14-43-30)18-40-12-13-41(28(42)19-40)27-5-3-2-4-6-27/h2-10,15-17,20,22,29-30H,11-14,18-19H2,1H3/t20-,22+,29+,30-/m1/s1. The zero-order valence-electron chi connectivity index (χ0n) is 23.7. The number of halogens is 7. The maximum Gasteiger partial charge on any atom is 0.416 e. The van der Waals surface area contributed by atoms with Crippen molar-refractivity contribution in [1.82, 2.24) is 4.90 Å². The summed E-state index contributed by atoms with van der Waals surface area (Å²) in [4.78, 5) is 16.8. The molecule has 5 nitrogen and oxygen atoms in total. The summed E-state index contributed by atoms with van der Waals surface area (Å²) in [5.41, 5.74) is -1.73. The van der Waals surface area contributed by atoms with E-state index in [0.29, 0.717) is 43.8 Å². The minimum atomic E-state index is -5.00. The Kier molecular flexibility index (Phi) is 9.33. The Morgan fingerprint density at radius 2 is 1.55 bits per heavy atom. The van der Waals surface area contributed by atoms with Crippen LogP contribution in [0.2, 0.25) is 0 Å². The van der Waals surface area contributed by atoms with Gasteiger partial charge < -0.3 is 14.4 Å². The first-order valence-corrected chi connectivity index (χ1v) is 14.2. The van der Waals surface area contributed by atoms with E-state index in [1.54, 1.807) is 17.0 Å². The lowest BCUT2D eigenvalue weighted by Gasteiger charge is -2.43. The first-order valence-electron chi connectivity index (χ1n) is 14.2. The Balaban J connectivity index is 1.38. The van der Waals surface area contributed by atoms with E-state index in [-0.39, 0.29) is 36.6 Å². The Labute approximate surface area is 250 Å². The second-order valence-corrected chi connectivity index (χ2v) is 11.1. The van der Waals surface area contributed by atoms with Gasteiger partial charge in [0.25, 0.3) is 0 Å². The first kappa shape index (κ1) is 31.9. The highest BCUT2D eigenvalue weighted by atomic mass is 19.4. The van der Waals surface area contributed by atoms with Crippen molar-refractivity contribution in [3.8, 4) is 0 Å². The number of carbonyl (C=O) groups is 1. The fourth-order valence-electron chi connectivity index (χ4n) is 5.87. The van der Waals surface area contributed by atoms with Crippen LogP contribution in [0.15, 0.2) is 72.8 Å². The Morgan fingerprint density at radius 3 is 2.14 bits per heavy atom. The molecule has 236 valence electrons. The van der Waals surface area contributed by atoms with Crippen LogP contribution in [0.1, 0.15) is 47.6 Å². The average Bonchev–Trinajstić information content (AvgIpc) is 2.97. The number of benzene rings is 3. The molecule has 2 heterocycles. The van der Waals surface area contributed by atoms with Gasteiger partial charge in [0.2, 0.25) is 5.91 Å². The summed E-state index contributed by atoms with van der Waals surface area (Å²) in [5, 5.41) is 0. The number of hydrogen-bond acceptors (Lipinski definition) is 4. The molecule has 3 aromatic carbocycles. The summed E-state index contributed by atoms with van der Waals surface area (Å²) < 4.78 is 107. The fourth-order valence-corrected chi connectivity index (χ4v) is 5.87. The maximum atomic E-state index is 13.8. The molecule has 0 spiro atoms. The molecule has 2 aliphatic rings. The van der Waals surface area contributed by atoms with Crippen molar-refractivity contribution >= 4 is 11.6 Å². The Bertz CT molecular complexity index is 1400. The predicted molar refractivity (Wildman–Crippen MR) is 148 cm³/mol. The summed E-state index contributed by atoms with van der Waals surface area (Å²) in [7, 11) is 0. The van der Waals surface area contributed by atoms with Gasteiger partial charge in [-0.1, -0.05) is 30.3 Å². The maximum absolute atomic E-state index is 13.8. The zero-order valence-corrected chi connectivity index (χ0v) is 23.7. The second kappa shape index (κ2) is 12.9. The number of alkyl halides is 6. The highest BCUT2D eigenvalue weighted by Crippen LogP contribution is 2.42. The van der Waals surface area contributed by atoms with Gasteiger partial charge in [0.1, 0.15) is 5.82 Å². The first-order chi connectivity index (χ1) is 20.8. The highest BCUT2D eigenvalue weighted by molar-refractivity contribution is 5.95. The molecule has 0 aromatic heterocycles. The molecule has 5 rings (SSSR count). The van der Waals surface area contributed by atoms with E-state index in [4.69, 9.17) is 9.47 Å². The number of anilines is 1. The third-order valence-corrected chi connectivity index (χ3v) is 8.10. The Hall–Kier alpha value is -3.48. The quantitative estimate of drug-likeness (QED) is 0.257. The molecular weight excluding hydrogens is 593 g/mol. The van der Waals surface area contributed by atoms with Crippen LogP contribution in [0.3, 0.4) is 0 Å². The van der Waals surface area contributed by atoms with E-state index in [2.05, 4.69) is 0 Å². The smallest absolute Gasteiger partial charge is 0.352 e. The van der Waals surface area contributed by atoms with Crippen molar-refractivity contribution in [3.05, 3.63) is 101 Å². The molecule has 44 heavy (non-hydrogen) atoms. The Morgan fingerprint density at radius 1 is 0.909 bits per heavy atom. The van der Waals surface area contributed by atoms with Gasteiger partial charge in [-0.05, 0) is 72.9 Å². The van der Waals surface area contributed by atoms with E-state index in [9.17, 15) is 35.5 Å². The van der Waals surface area contributed by atoms with E-state index < -0.39 is 47.6 Å². The van der Waals surface area contributed by atoms with Crippen LogP contribution < -0.4 is 4.90 Å². The van der Waals surface area contributed by atoms with E-state index in [1.807, 2.05) is 35.2 Å². The third kappa shape index (κ3) is 7.41. The van der Waals surface area contributed by atoms with Crippen LogP contribution in [-0.2, 0) is 26.6 Å². The van der Waals surface area contributed by atoms with Gasteiger partial charge in [-0.25, -0.2) is 4.39 Å². The number of ether oxygens (including phenoxy) is 2. The van der Waals surface area contributed by atoms with Gasteiger partial charge in [-0.15, -0.1) is 0 Å². The van der Waals surface area contributed by atoms with Gasteiger partial charge in [0.05, 0.1) is 30.4 Å². The number of amides is 1. The molecule has 2 aliphatic heterocycles. The number of hydrogen-bond donors (Lipinski definition) is 0. The number of para-hydroxylation sites is 1. The molecule has 0 radical (unpaired) electrons. The van der Waals surface area contributed by atoms with Crippen LogP contribution in [0, 0.1) is 11.7 Å². The van der Waals surface area contributed by atoms with Crippen LogP contribution >= 0.6 is 0 Å². The van der Waals surface area contributed by atoms with Gasteiger partial charge in [-0.3, -0.25) is 9.69 Å². The molecule has 0 unspecified atom stereocenters.